The molecular formula is C13H21NO2S. The number of hydrogen-bond donors (Lipinski definition) is 1. The van der Waals surface area contributed by atoms with E-state index in [0.717, 1.165) is 24.3 Å². The SMILES string of the molecule is CCC(CC)NCc1ccc(CC(=O)OC)s1. The molecule has 0 atom stereocenters. The van der Waals surface area contributed by atoms with Crippen molar-refractivity contribution in [1.29, 1.82) is 0 Å². The molecule has 96 valence electrons. The molecule has 1 N–H and O–H groups in total. The lowest BCUT2D eigenvalue weighted by atomic mass is 10.2. The predicted octanol–water partition coefficient (Wildman–Crippen LogP) is 2.74. The van der Waals surface area contributed by atoms with Gasteiger partial charge in [0.2, 0.25) is 0 Å². The van der Waals surface area contributed by atoms with Crippen LogP contribution in [-0.2, 0) is 22.5 Å². The number of nitrogens with one attached hydrogen (secondary N) is 1. The third kappa shape index (κ3) is 4.88. The van der Waals surface area contributed by atoms with E-state index in [-0.39, 0.29) is 5.97 Å². The fourth-order valence-electron chi connectivity index (χ4n) is 1.65. The first-order chi connectivity index (χ1) is 8.19. The zero-order valence-electron chi connectivity index (χ0n) is 10.8. The molecule has 0 aliphatic carbocycles. The Kier molecular flexibility index (Phi) is 6.22. The molecule has 0 fully saturated rings. The Morgan fingerprint density at radius 2 is 2.00 bits per heavy atom. The highest BCUT2D eigenvalue weighted by molar-refractivity contribution is 7.12. The molecule has 4 heteroatoms. The van der Waals surface area contributed by atoms with Crippen molar-refractivity contribution < 1.29 is 9.53 Å². The summed E-state index contributed by atoms with van der Waals surface area (Å²) in [6.07, 6.45) is 2.68. The van der Waals surface area contributed by atoms with Gasteiger partial charge in [-0.3, -0.25) is 4.79 Å². The van der Waals surface area contributed by atoms with Gasteiger partial charge in [0.15, 0.2) is 0 Å². The minimum absolute atomic E-state index is 0.175. The van der Waals surface area contributed by atoms with Gasteiger partial charge in [0.05, 0.1) is 13.5 Å². The van der Waals surface area contributed by atoms with E-state index in [1.807, 2.05) is 6.07 Å². The van der Waals surface area contributed by atoms with Crippen molar-refractivity contribution in [3.63, 3.8) is 0 Å². The standard InChI is InChI=1S/C13H21NO2S/c1-4-10(5-2)14-9-12-7-6-11(17-12)8-13(15)16-3/h6-7,10,14H,4-5,8-9H2,1-3H3. The fourth-order valence-corrected chi connectivity index (χ4v) is 2.60. The molecule has 1 aromatic heterocycles. The largest absolute Gasteiger partial charge is 0.469 e. The number of ether oxygens (including phenoxy) is 1. The van der Waals surface area contributed by atoms with Gasteiger partial charge in [0, 0.05) is 22.3 Å². The molecule has 0 unspecified atom stereocenters. The van der Waals surface area contributed by atoms with Gasteiger partial charge in [-0.1, -0.05) is 13.8 Å². The van der Waals surface area contributed by atoms with Crippen molar-refractivity contribution in [2.24, 2.45) is 0 Å². The molecule has 1 aromatic rings. The fraction of sp³-hybridized carbons (Fsp3) is 0.615. The van der Waals surface area contributed by atoms with Crippen molar-refractivity contribution in [2.75, 3.05) is 7.11 Å². The summed E-state index contributed by atoms with van der Waals surface area (Å²) < 4.78 is 4.65. The zero-order valence-corrected chi connectivity index (χ0v) is 11.6. The molecule has 3 nitrogen and oxygen atoms in total. The second kappa shape index (κ2) is 7.45. The minimum atomic E-state index is -0.175. The molecule has 17 heavy (non-hydrogen) atoms. The molecular weight excluding hydrogens is 234 g/mol. The van der Waals surface area contributed by atoms with E-state index in [0.29, 0.717) is 12.5 Å². The van der Waals surface area contributed by atoms with Crippen LogP contribution in [0.4, 0.5) is 0 Å². The number of carbonyl (C=O) groups is 1. The van der Waals surface area contributed by atoms with Crippen LogP contribution in [0.2, 0.25) is 0 Å². The van der Waals surface area contributed by atoms with Crippen molar-refractivity contribution in [3.05, 3.63) is 21.9 Å². The highest BCUT2D eigenvalue weighted by Crippen LogP contribution is 2.17. The smallest absolute Gasteiger partial charge is 0.310 e. The van der Waals surface area contributed by atoms with Gasteiger partial charge in [0.1, 0.15) is 0 Å². The molecule has 0 saturated heterocycles. The monoisotopic (exact) mass is 255 g/mol. The number of esters is 1. The maximum atomic E-state index is 11.1. The summed E-state index contributed by atoms with van der Waals surface area (Å²) in [7, 11) is 1.42. The summed E-state index contributed by atoms with van der Waals surface area (Å²) in [6, 6.07) is 4.67. The van der Waals surface area contributed by atoms with Crippen molar-refractivity contribution >= 4 is 17.3 Å². The van der Waals surface area contributed by atoms with Crippen LogP contribution in [0.5, 0.6) is 0 Å². The first kappa shape index (κ1) is 14.2. The van der Waals surface area contributed by atoms with Gasteiger partial charge in [-0.05, 0) is 25.0 Å². The number of rotatable bonds is 7. The van der Waals surface area contributed by atoms with Crippen LogP contribution in [0.25, 0.3) is 0 Å². The Labute approximate surface area is 107 Å². The van der Waals surface area contributed by atoms with E-state index in [4.69, 9.17) is 0 Å². The minimum Gasteiger partial charge on any atom is -0.469 e. The van der Waals surface area contributed by atoms with Crippen LogP contribution >= 0.6 is 11.3 Å². The molecule has 0 saturated carbocycles. The van der Waals surface area contributed by atoms with Gasteiger partial charge < -0.3 is 10.1 Å². The van der Waals surface area contributed by atoms with Gasteiger partial charge in [0.25, 0.3) is 0 Å². The molecule has 1 heterocycles. The molecule has 0 aliphatic heterocycles. The van der Waals surface area contributed by atoms with Crippen LogP contribution in [0, 0.1) is 0 Å². The number of thiophene rings is 1. The lowest BCUT2D eigenvalue weighted by molar-refractivity contribution is -0.139. The van der Waals surface area contributed by atoms with Gasteiger partial charge in [-0.25, -0.2) is 0 Å². The Morgan fingerprint density at radius 3 is 2.59 bits per heavy atom. The molecule has 0 radical (unpaired) electrons. The van der Waals surface area contributed by atoms with E-state index >= 15 is 0 Å². The van der Waals surface area contributed by atoms with Gasteiger partial charge in [-0.2, -0.15) is 0 Å². The molecule has 0 aromatic carbocycles. The van der Waals surface area contributed by atoms with Crippen molar-refractivity contribution in [3.8, 4) is 0 Å². The summed E-state index contributed by atoms with van der Waals surface area (Å²) in [5.41, 5.74) is 0. The van der Waals surface area contributed by atoms with E-state index in [9.17, 15) is 4.79 Å². The number of carbonyl (C=O) groups excluding carboxylic acids is 1. The highest BCUT2D eigenvalue weighted by Gasteiger charge is 2.07. The lowest BCUT2D eigenvalue weighted by Gasteiger charge is -2.13. The van der Waals surface area contributed by atoms with Crippen molar-refractivity contribution in [2.45, 2.75) is 45.7 Å². The number of methoxy groups -OCH3 is 1. The Bertz CT molecular complexity index is 345. The maximum absolute atomic E-state index is 11.1. The highest BCUT2D eigenvalue weighted by atomic mass is 32.1. The van der Waals surface area contributed by atoms with E-state index < -0.39 is 0 Å². The van der Waals surface area contributed by atoms with Crippen molar-refractivity contribution in [1.82, 2.24) is 5.32 Å². The topological polar surface area (TPSA) is 38.3 Å². The molecule has 0 aliphatic rings. The maximum Gasteiger partial charge on any atom is 0.310 e. The second-order valence-electron chi connectivity index (χ2n) is 4.02. The van der Waals surface area contributed by atoms with Crippen LogP contribution in [-0.4, -0.2) is 19.1 Å². The zero-order chi connectivity index (χ0) is 12.7. The third-order valence-electron chi connectivity index (χ3n) is 2.81. The summed E-state index contributed by atoms with van der Waals surface area (Å²) in [4.78, 5) is 13.5. The Morgan fingerprint density at radius 1 is 1.35 bits per heavy atom. The summed E-state index contributed by atoms with van der Waals surface area (Å²) in [6.45, 7) is 5.27. The molecule has 1 rings (SSSR count). The van der Waals surface area contributed by atoms with Gasteiger partial charge in [-0.15, -0.1) is 11.3 Å². The van der Waals surface area contributed by atoms with Crippen LogP contribution in [0.3, 0.4) is 0 Å². The van der Waals surface area contributed by atoms with E-state index in [1.54, 1.807) is 11.3 Å². The van der Waals surface area contributed by atoms with Crippen LogP contribution in [0.1, 0.15) is 36.4 Å². The van der Waals surface area contributed by atoms with Gasteiger partial charge >= 0.3 is 5.97 Å². The quantitative estimate of drug-likeness (QED) is 0.761. The first-order valence-electron chi connectivity index (χ1n) is 6.07. The van der Waals surface area contributed by atoms with Crippen LogP contribution < -0.4 is 5.32 Å². The average Bonchev–Trinajstić information content (AvgIpc) is 2.78. The van der Waals surface area contributed by atoms with E-state index in [2.05, 4.69) is 30.0 Å². The predicted molar refractivity (Wildman–Crippen MR) is 71.2 cm³/mol. The summed E-state index contributed by atoms with van der Waals surface area (Å²) >= 11 is 1.68. The summed E-state index contributed by atoms with van der Waals surface area (Å²) in [5.74, 6) is -0.175. The average molecular weight is 255 g/mol. The number of hydrogen-bond acceptors (Lipinski definition) is 4. The molecule has 0 amide bonds. The van der Waals surface area contributed by atoms with Crippen LogP contribution in [0.15, 0.2) is 12.1 Å². The molecule has 0 spiro atoms. The second-order valence-corrected chi connectivity index (χ2v) is 5.27. The Hall–Kier alpha value is -0.870. The lowest BCUT2D eigenvalue weighted by Crippen LogP contribution is -2.26. The Balaban J connectivity index is 2.42. The first-order valence-corrected chi connectivity index (χ1v) is 6.89. The molecule has 0 bridgehead atoms. The normalized spacial score (nSPS) is 10.8. The third-order valence-corrected chi connectivity index (χ3v) is 3.90. The summed E-state index contributed by atoms with van der Waals surface area (Å²) in [5, 5.41) is 3.51. The van der Waals surface area contributed by atoms with E-state index in [1.165, 1.54) is 12.0 Å².